The number of aromatic nitrogens is 4. The number of nitrogens with zero attached hydrogens (tertiary/aromatic N) is 6. The molecule has 2 aromatic rings. The number of imidazole rings is 1. The van der Waals surface area contributed by atoms with Gasteiger partial charge in [-0.25, -0.2) is 19.7 Å². The van der Waals surface area contributed by atoms with E-state index in [-0.39, 0.29) is 30.2 Å². The quantitative estimate of drug-likeness (QED) is 0.749. The van der Waals surface area contributed by atoms with Crippen LogP contribution in [-0.4, -0.2) is 72.6 Å². The van der Waals surface area contributed by atoms with Crippen LogP contribution in [0.15, 0.2) is 24.8 Å². The summed E-state index contributed by atoms with van der Waals surface area (Å²) >= 11 is 0. The lowest BCUT2D eigenvalue weighted by Gasteiger charge is -2.38. The number of ether oxygens (including phenoxy) is 1. The first-order valence-electron chi connectivity index (χ1n) is 10.5. The van der Waals surface area contributed by atoms with Crippen molar-refractivity contribution in [2.45, 2.75) is 64.6 Å². The number of amides is 2. The molecule has 0 radical (unpaired) electrons. The Hall–Kier alpha value is -2.97. The maximum absolute atomic E-state index is 13.3. The van der Waals surface area contributed by atoms with Gasteiger partial charge in [0.1, 0.15) is 11.5 Å². The fourth-order valence-corrected chi connectivity index (χ4v) is 3.89. The molecule has 0 bridgehead atoms. The normalized spacial score (nSPS) is 17.3. The van der Waals surface area contributed by atoms with Gasteiger partial charge >= 0.3 is 6.09 Å². The molecule has 1 aliphatic heterocycles. The smallest absolute Gasteiger partial charge is 0.410 e. The van der Waals surface area contributed by atoms with Gasteiger partial charge in [-0.15, -0.1) is 0 Å². The number of hydrogen-bond donors (Lipinski definition) is 0. The lowest BCUT2D eigenvalue weighted by molar-refractivity contribution is 0.0447. The summed E-state index contributed by atoms with van der Waals surface area (Å²) in [5.74, 6) is 1.37. The minimum atomic E-state index is -0.274. The first kappa shape index (κ1) is 20.3. The molecule has 2 fully saturated rings. The Morgan fingerprint density at radius 1 is 1.07 bits per heavy atom. The van der Waals surface area contributed by atoms with E-state index in [4.69, 9.17) is 4.74 Å². The van der Waals surface area contributed by atoms with Crippen molar-refractivity contribution < 1.29 is 14.3 Å². The van der Waals surface area contributed by atoms with Gasteiger partial charge in [0.2, 0.25) is 0 Å². The van der Waals surface area contributed by atoms with Crippen molar-refractivity contribution in [1.82, 2.24) is 29.3 Å². The summed E-state index contributed by atoms with van der Waals surface area (Å²) in [6.45, 7) is 6.77. The van der Waals surface area contributed by atoms with Gasteiger partial charge in [0.25, 0.3) is 5.91 Å². The van der Waals surface area contributed by atoms with Crippen LogP contribution in [0.2, 0.25) is 0 Å². The van der Waals surface area contributed by atoms with Crippen molar-refractivity contribution in [2.24, 2.45) is 0 Å². The zero-order valence-electron chi connectivity index (χ0n) is 17.7. The van der Waals surface area contributed by atoms with Gasteiger partial charge in [-0.1, -0.05) is 0 Å². The molecule has 1 saturated carbocycles. The summed E-state index contributed by atoms with van der Waals surface area (Å²) in [6, 6.07) is 0.361. The van der Waals surface area contributed by atoms with E-state index < -0.39 is 0 Å². The van der Waals surface area contributed by atoms with E-state index >= 15 is 0 Å². The lowest BCUT2D eigenvalue weighted by atomic mass is 10.0. The van der Waals surface area contributed by atoms with Crippen molar-refractivity contribution in [3.63, 3.8) is 0 Å². The van der Waals surface area contributed by atoms with Crippen LogP contribution in [-0.2, 0) is 4.74 Å². The fraction of sp³-hybridized carbons (Fsp3) is 0.571. The van der Waals surface area contributed by atoms with Crippen LogP contribution in [0.1, 0.15) is 55.8 Å². The molecule has 2 amide bonds. The maximum atomic E-state index is 13.3. The highest BCUT2D eigenvalue weighted by Crippen LogP contribution is 2.33. The van der Waals surface area contributed by atoms with Crippen LogP contribution >= 0.6 is 0 Å². The summed E-state index contributed by atoms with van der Waals surface area (Å²) in [7, 11) is 0. The zero-order chi connectivity index (χ0) is 21.3. The molecule has 3 heterocycles. The molecule has 160 valence electrons. The van der Waals surface area contributed by atoms with E-state index in [1.165, 1.54) is 0 Å². The number of aryl methyl sites for hydroxylation is 1. The largest absolute Gasteiger partial charge is 0.447 e. The molecule has 0 atom stereocenters. The fourth-order valence-electron chi connectivity index (χ4n) is 3.89. The molecule has 0 N–H and O–H groups in total. The first-order valence-corrected chi connectivity index (χ1v) is 10.5. The van der Waals surface area contributed by atoms with Crippen LogP contribution in [0, 0.1) is 6.92 Å². The Labute approximate surface area is 176 Å². The lowest BCUT2D eigenvalue weighted by Crippen LogP contribution is -2.50. The van der Waals surface area contributed by atoms with E-state index in [0.29, 0.717) is 24.6 Å². The van der Waals surface area contributed by atoms with Crippen LogP contribution < -0.4 is 0 Å². The highest BCUT2D eigenvalue weighted by Gasteiger charge is 2.40. The molecule has 9 nitrogen and oxygen atoms in total. The Morgan fingerprint density at radius 2 is 1.77 bits per heavy atom. The number of rotatable bonds is 5. The molecule has 0 aromatic carbocycles. The van der Waals surface area contributed by atoms with Gasteiger partial charge in [0.05, 0.1) is 18.5 Å². The summed E-state index contributed by atoms with van der Waals surface area (Å²) in [6.07, 6.45) is 9.78. The Kier molecular flexibility index (Phi) is 5.69. The molecule has 30 heavy (non-hydrogen) atoms. The molecule has 2 aliphatic rings. The second kappa shape index (κ2) is 8.41. The molecule has 4 rings (SSSR count). The number of hydrogen-bond acceptors (Lipinski definition) is 6. The van der Waals surface area contributed by atoms with Gasteiger partial charge < -0.3 is 14.5 Å². The highest BCUT2D eigenvalue weighted by atomic mass is 16.6. The van der Waals surface area contributed by atoms with Crippen LogP contribution in [0.4, 0.5) is 4.79 Å². The summed E-state index contributed by atoms with van der Waals surface area (Å²) < 4.78 is 7.12. The average Bonchev–Trinajstić information content (AvgIpc) is 3.47. The number of carbonyl (C=O) groups excluding carboxylic acids is 2. The van der Waals surface area contributed by atoms with E-state index in [0.717, 1.165) is 31.5 Å². The Balaban J connectivity index is 1.43. The predicted octanol–water partition coefficient (Wildman–Crippen LogP) is 2.58. The Morgan fingerprint density at radius 3 is 2.30 bits per heavy atom. The molecular weight excluding hydrogens is 384 g/mol. The third-order valence-corrected chi connectivity index (χ3v) is 5.56. The molecular formula is C21H28N6O3. The molecule has 0 unspecified atom stereocenters. The van der Waals surface area contributed by atoms with Gasteiger partial charge in [0.15, 0.2) is 5.82 Å². The SMILES string of the molecule is Cc1nccn1-c1cnc(C(=O)N(C2CC2)C2CCN(C(=O)OC(C)C)CC2)cn1. The van der Waals surface area contributed by atoms with Crippen molar-refractivity contribution in [3.05, 3.63) is 36.3 Å². The summed E-state index contributed by atoms with van der Waals surface area (Å²) in [5.41, 5.74) is 0.352. The second-order valence-corrected chi connectivity index (χ2v) is 8.20. The minimum absolute atomic E-state index is 0.0814. The average molecular weight is 412 g/mol. The monoisotopic (exact) mass is 412 g/mol. The van der Waals surface area contributed by atoms with Gasteiger partial charge in [0, 0.05) is 37.6 Å². The van der Waals surface area contributed by atoms with E-state index in [2.05, 4.69) is 15.0 Å². The number of carbonyl (C=O) groups is 2. The van der Waals surface area contributed by atoms with Crippen LogP contribution in [0.3, 0.4) is 0 Å². The molecule has 2 aromatic heterocycles. The summed E-state index contributed by atoms with van der Waals surface area (Å²) in [5, 5.41) is 0. The van der Waals surface area contributed by atoms with Gasteiger partial charge in [-0.3, -0.25) is 9.36 Å². The van der Waals surface area contributed by atoms with E-state index in [9.17, 15) is 9.59 Å². The molecule has 0 spiro atoms. The number of likely N-dealkylation sites (tertiary alicyclic amines) is 1. The predicted molar refractivity (Wildman–Crippen MR) is 109 cm³/mol. The van der Waals surface area contributed by atoms with Gasteiger partial charge in [-0.2, -0.15) is 0 Å². The third-order valence-electron chi connectivity index (χ3n) is 5.56. The van der Waals surface area contributed by atoms with Gasteiger partial charge in [-0.05, 0) is 46.5 Å². The topological polar surface area (TPSA) is 93.5 Å². The molecule has 9 heteroatoms. The molecule has 1 aliphatic carbocycles. The summed E-state index contributed by atoms with van der Waals surface area (Å²) in [4.78, 5) is 42.1. The van der Waals surface area contributed by atoms with Crippen molar-refractivity contribution >= 4 is 12.0 Å². The van der Waals surface area contributed by atoms with Crippen molar-refractivity contribution in [3.8, 4) is 5.82 Å². The maximum Gasteiger partial charge on any atom is 0.410 e. The second-order valence-electron chi connectivity index (χ2n) is 8.20. The first-order chi connectivity index (χ1) is 14.4. The van der Waals surface area contributed by atoms with E-state index in [1.54, 1.807) is 23.5 Å². The zero-order valence-corrected chi connectivity index (χ0v) is 17.7. The van der Waals surface area contributed by atoms with Crippen molar-refractivity contribution in [2.75, 3.05) is 13.1 Å². The van der Waals surface area contributed by atoms with Crippen LogP contribution in [0.5, 0.6) is 0 Å². The van der Waals surface area contributed by atoms with E-state index in [1.807, 2.05) is 36.4 Å². The van der Waals surface area contributed by atoms with Crippen molar-refractivity contribution in [1.29, 1.82) is 0 Å². The minimum Gasteiger partial charge on any atom is -0.447 e. The number of piperidine rings is 1. The Bertz CT molecular complexity index is 898. The standard InChI is InChI=1S/C21H28N6O3/c1-14(2)30-21(29)25-9-6-17(7-10-25)27(16-4-5-16)20(28)18-12-24-19(13-23-18)26-11-8-22-15(26)3/h8,11-14,16-17H,4-7,9-10H2,1-3H3. The molecule has 1 saturated heterocycles. The third kappa shape index (κ3) is 4.29. The van der Waals surface area contributed by atoms with Crippen LogP contribution in [0.25, 0.3) is 5.82 Å². The highest BCUT2D eigenvalue weighted by molar-refractivity contribution is 5.92.